The van der Waals surface area contributed by atoms with Crippen molar-refractivity contribution in [2.24, 2.45) is 0 Å². The van der Waals surface area contributed by atoms with E-state index in [2.05, 4.69) is 5.10 Å². The first-order valence-electron chi connectivity index (χ1n) is 9.58. The Balaban J connectivity index is 1.52. The number of likely N-dealkylation sites (tertiary alicyclic amines) is 1. The van der Waals surface area contributed by atoms with E-state index in [9.17, 15) is 9.59 Å². The number of carbonyl (C=O) groups excluding carboxylic acids is 1. The van der Waals surface area contributed by atoms with E-state index >= 15 is 0 Å². The molecule has 0 N–H and O–H groups in total. The maximum atomic E-state index is 13.1. The van der Waals surface area contributed by atoms with Crippen LogP contribution >= 0.6 is 0 Å². The quantitative estimate of drug-likeness (QED) is 0.699. The Hall–Kier alpha value is -2.89. The summed E-state index contributed by atoms with van der Waals surface area (Å²) in [6.07, 6.45) is 7.78. The molecule has 1 aliphatic rings. The minimum atomic E-state index is -0.132. The lowest BCUT2D eigenvalue weighted by molar-refractivity contribution is -0.135. The summed E-state index contributed by atoms with van der Waals surface area (Å²) in [5.74, 6) is 0.0265. The molecule has 27 heavy (non-hydrogen) atoms. The minimum absolute atomic E-state index is 0.0265. The van der Waals surface area contributed by atoms with Crippen LogP contribution in [0.2, 0.25) is 0 Å². The number of aromatic nitrogens is 3. The van der Waals surface area contributed by atoms with Gasteiger partial charge in [-0.1, -0.05) is 18.2 Å². The second-order valence-corrected chi connectivity index (χ2v) is 7.11. The molecule has 3 heterocycles. The van der Waals surface area contributed by atoms with E-state index in [1.165, 1.54) is 0 Å². The number of carbonyl (C=O) groups is 1. The summed E-state index contributed by atoms with van der Waals surface area (Å²) in [5.41, 5.74) is 0.676. The van der Waals surface area contributed by atoms with Gasteiger partial charge in [0.15, 0.2) is 0 Å². The maximum Gasteiger partial charge on any atom is 0.251 e. The molecule has 1 atom stereocenters. The fourth-order valence-corrected chi connectivity index (χ4v) is 3.98. The Labute approximate surface area is 158 Å². The van der Waals surface area contributed by atoms with Crippen molar-refractivity contribution in [1.82, 2.24) is 19.2 Å². The van der Waals surface area contributed by atoms with Crippen molar-refractivity contribution in [3.8, 4) is 0 Å². The fourth-order valence-electron chi connectivity index (χ4n) is 3.98. The fraction of sp³-hybridized carbons (Fsp3) is 0.381. The van der Waals surface area contributed by atoms with Gasteiger partial charge < -0.3 is 4.90 Å². The monoisotopic (exact) mass is 364 g/mol. The van der Waals surface area contributed by atoms with Gasteiger partial charge in [0, 0.05) is 37.6 Å². The number of pyridine rings is 1. The van der Waals surface area contributed by atoms with Gasteiger partial charge in [0.2, 0.25) is 5.91 Å². The van der Waals surface area contributed by atoms with Crippen molar-refractivity contribution in [3.63, 3.8) is 0 Å². The number of aryl methyl sites for hydroxylation is 1. The predicted molar refractivity (Wildman–Crippen MR) is 104 cm³/mol. The number of piperidine rings is 1. The second-order valence-electron chi connectivity index (χ2n) is 7.11. The predicted octanol–water partition coefficient (Wildman–Crippen LogP) is 2.67. The van der Waals surface area contributed by atoms with E-state index in [0.717, 1.165) is 49.7 Å². The largest absolute Gasteiger partial charge is 0.338 e. The highest BCUT2D eigenvalue weighted by Crippen LogP contribution is 2.21. The van der Waals surface area contributed by atoms with Crippen LogP contribution in [0.15, 0.2) is 59.7 Å². The Morgan fingerprint density at radius 2 is 2.00 bits per heavy atom. The molecular weight excluding hydrogens is 340 g/mol. The molecule has 6 heteroatoms. The van der Waals surface area contributed by atoms with Gasteiger partial charge in [-0.15, -0.1) is 0 Å². The van der Waals surface area contributed by atoms with Gasteiger partial charge in [0.1, 0.15) is 6.54 Å². The molecule has 2 aromatic heterocycles. The van der Waals surface area contributed by atoms with E-state index in [1.807, 2.05) is 52.2 Å². The number of amides is 1. The molecule has 3 aromatic rings. The molecule has 1 saturated heterocycles. The zero-order valence-corrected chi connectivity index (χ0v) is 15.3. The number of fused-ring (bicyclic) bond motifs is 1. The lowest BCUT2D eigenvalue weighted by Crippen LogP contribution is -2.46. The van der Waals surface area contributed by atoms with Gasteiger partial charge in [-0.3, -0.25) is 18.8 Å². The minimum Gasteiger partial charge on any atom is -0.338 e. The second kappa shape index (κ2) is 7.78. The van der Waals surface area contributed by atoms with Crippen LogP contribution in [-0.4, -0.2) is 37.7 Å². The van der Waals surface area contributed by atoms with E-state index in [0.29, 0.717) is 0 Å². The van der Waals surface area contributed by atoms with E-state index < -0.39 is 0 Å². The SMILES string of the molecule is O=C(Cn1c(=O)ccc2ccccc21)N1CCCCC1CCn1cccn1. The summed E-state index contributed by atoms with van der Waals surface area (Å²) < 4.78 is 3.50. The Morgan fingerprint density at radius 1 is 1.11 bits per heavy atom. The van der Waals surface area contributed by atoms with Gasteiger partial charge >= 0.3 is 0 Å². The van der Waals surface area contributed by atoms with Gasteiger partial charge in [0.25, 0.3) is 5.56 Å². The van der Waals surface area contributed by atoms with E-state index in [4.69, 9.17) is 0 Å². The van der Waals surface area contributed by atoms with Crippen molar-refractivity contribution >= 4 is 16.8 Å². The summed E-state index contributed by atoms with van der Waals surface area (Å²) in [6, 6.07) is 13.2. The standard InChI is InChI=1S/C21H24N4O2/c26-20-10-9-17-6-1-2-8-19(17)25(20)16-21(27)24-14-4-3-7-18(24)11-15-23-13-5-12-22-23/h1-2,5-6,8-10,12-13,18H,3-4,7,11,14-16H2. The van der Waals surface area contributed by atoms with Crippen molar-refractivity contribution < 1.29 is 4.79 Å². The Bertz CT molecular complexity index is 977. The number of benzene rings is 1. The lowest BCUT2D eigenvalue weighted by Gasteiger charge is -2.36. The average molecular weight is 364 g/mol. The highest BCUT2D eigenvalue weighted by Gasteiger charge is 2.27. The number of hydrogen-bond donors (Lipinski definition) is 0. The van der Waals surface area contributed by atoms with Crippen molar-refractivity contribution in [2.75, 3.05) is 6.54 Å². The van der Waals surface area contributed by atoms with Gasteiger partial charge in [-0.05, 0) is 49.3 Å². The summed E-state index contributed by atoms with van der Waals surface area (Å²) in [5, 5.41) is 5.22. The first-order valence-corrected chi connectivity index (χ1v) is 9.58. The van der Waals surface area contributed by atoms with Crippen molar-refractivity contribution in [1.29, 1.82) is 0 Å². The van der Waals surface area contributed by atoms with Gasteiger partial charge in [-0.25, -0.2) is 0 Å². The third-order valence-corrected chi connectivity index (χ3v) is 5.39. The van der Waals surface area contributed by atoms with Crippen LogP contribution in [0.1, 0.15) is 25.7 Å². The molecule has 140 valence electrons. The Kier molecular flexibility index (Phi) is 5.05. The van der Waals surface area contributed by atoms with Crippen molar-refractivity contribution in [2.45, 2.75) is 44.8 Å². The molecule has 0 spiro atoms. The molecule has 0 bridgehead atoms. The average Bonchev–Trinajstić information content (AvgIpc) is 3.22. The lowest BCUT2D eigenvalue weighted by atomic mass is 9.99. The highest BCUT2D eigenvalue weighted by molar-refractivity contribution is 5.82. The van der Waals surface area contributed by atoms with Crippen LogP contribution in [0.5, 0.6) is 0 Å². The van der Waals surface area contributed by atoms with E-state index in [-0.39, 0.29) is 24.1 Å². The number of hydrogen-bond acceptors (Lipinski definition) is 3. The zero-order valence-electron chi connectivity index (χ0n) is 15.3. The molecule has 1 aliphatic heterocycles. The van der Waals surface area contributed by atoms with Gasteiger partial charge in [0.05, 0.1) is 5.52 Å². The van der Waals surface area contributed by atoms with Crippen molar-refractivity contribution in [3.05, 3.63) is 65.2 Å². The molecule has 1 amide bonds. The third kappa shape index (κ3) is 3.79. The maximum absolute atomic E-state index is 13.1. The first-order chi connectivity index (χ1) is 13.2. The molecule has 1 unspecified atom stereocenters. The van der Waals surface area contributed by atoms with E-state index in [1.54, 1.807) is 16.8 Å². The zero-order chi connectivity index (χ0) is 18.6. The molecule has 0 aliphatic carbocycles. The van der Waals surface area contributed by atoms with Crippen LogP contribution in [-0.2, 0) is 17.9 Å². The third-order valence-electron chi connectivity index (χ3n) is 5.39. The molecule has 4 rings (SSSR count). The summed E-state index contributed by atoms with van der Waals surface area (Å²) in [7, 11) is 0. The summed E-state index contributed by atoms with van der Waals surface area (Å²) in [6.45, 7) is 1.66. The molecule has 1 fully saturated rings. The first kappa shape index (κ1) is 17.5. The van der Waals surface area contributed by atoms with Crippen LogP contribution < -0.4 is 5.56 Å². The highest BCUT2D eigenvalue weighted by atomic mass is 16.2. The molecule has 1 aromatic carbocycles. The summed E-state index contributed by atoms with van der Waals surface area (Å²) >= 11 is 0. The number of rotatable bonds is 5. The summed E-state index contributed by atoms with van der Waals surface area (Å²) in [4.78, 5) is 27.4. The topological polar surface area (TPSA) is 60.1 Å². The van der Waals surface area contributed by atoms with Crippen LogP contribution in [0.25, 0.3) is 10.9 Å². The molecule has 6 nitrogen and oxygen atoms in total. The van der Waals surface area contributed by atoms with Gasteiger partial charge in [-0.2, -0.15) is 5.10 Å². The van der Waals surface area contributed by atoms with Crippen LogP contribution in [0, 0.1) is 0 Å². The van der Waals surface area contributed by atoms with Crippen LogP contribution in [0.3, 0.4) is 0 Å². The van der Waals surface area contributed by atoms with Crippen LogP contribution in [0.4, 0.5) is 0 Å². The molecule has 0 saturated carbocycles. The number of nitrogens with zero attached hydrogens (tertiary/aromatic N) is 4. The normalized spacial score (nSPS) is 17.3. The Morgan fingerprint density at radius 3 is 2.85 bits per heavy atom. The molecular formula is C21H24N4O2. The number of para-hydroxylation sites is 1. The molecule has 0 radical (unpaired) electrons. The smallest absolute Gasteiger partial charge is 0.251 e.